The van der Waals surface area contributed by atoms with Crippen LogP contribution in [0.25, 0.3) is 0 Å². The minimum absolute atomic E-state index is 0.293. The lowest BCUT2D eigenvalue weighted by Gasteiger charge is -2.03. The Morgan fingerprint density at radius 3 is 2.64 bits per heavy atom. The van der Waals surface area contributed by atoms with Crippen LogP contribution in [0.2, 0.25) is 0 Å². The first-order valence-corrected chi connectivity index (χ1v) is 4.95. The van der Waals surface area contributed by atoms with Crippen LogP contribution in [0, 0.1) is 0 Å². The van der Waals surface area contributed by atoms with Crippen molar-refractivity contribution >= 4 is 6.21 Å². The lowest BCUT2D eigenvalue weighted by molar-refractivity contribution is 0.0854. The van der Waals surface area contributed by atoms with Crippen molar-refractivity contribution in [3.05, 3.63) is 35.9 Å². The fraction of sp³-hybridized carbons (Fsp3) is 0.417. The standard InChI is InChI=1S/C12H17NO/c1-11(2)14-9-8-13-10-12-6-4-3-5-7-12/h3-7,10-11H,8-9H2,1-2H3. The van der Waals surface area contributed by atoms with Gasteiger partial charge >= 0.3 is 0 Å². The van der Waals surface area contributed by atoms with Gasteiger partial charge in [0.25, 0.3) is 0 Å². The topological polar surface area (TPSA) is 21.6 Å². The predicted octanol–water partition coefficient (Wildman–Crippen LogP) is 2.53. The molecule has 0 saturated carbocycles. The van der Waals surface area contributed by atoms with Crippen molar-refractivity contribution in [3.8, 4) is 0 Å². The molecule has 2 nitrogen and oxygen atoms in total. The first-order valence-electron chi connectivity index (χ1n) is 4.95. The molecule has 0 spiro atoms. The zero-order valence-corrected chi connectivity index (χ0v) is 8.81. The molecule has 0 aliphatic heterocycles. The molecule has 0 amide bonds. The highest BCUT2D eigenvalue weighted by atomic mass is 16.5. The van der Waals surface area contributed by atoms with Gasteiger partial charge in [-0.1, -0.05) is 30.3 Å². The monoisotopic (exact) mass is 191 g/mol. The first kappa shape index (κ1) is 10.9. The fourth-order valence-electron chi connectivity index (χ4n) is 1.05. The molecule has 0 aromatic heterocycles. The molecule has 0 radical (unpaired) electrons. The summed E-state index contributed by atoms with van der Waals surface area (Å²) in [6.45, 7) is 5.48. The maximum atomic E-state index is 5.37. The van der Waals surface area contributed by atoms with Crippen LogP contribution in [0.5, 0.6) is 0 Å². The zero-order chi connectivity index (χ0) is 10.2. The SMILES string of the molecule is CC(C)OCCN=Cc1ccccc1. The Kier molecular flexibility index (Phi) is 4.94. The van der Waals surface area contributed by atoms with Gasteiger partial charge in [-0.15, -0.1) is 0 Å². The molecule has 0 fully saturated rings. The molecule has 76 valence electrons. The number of nitrogens with zero attached hydrogens (tertiary/aromatic N) is 1. The molecule has 0 aliphatic rings. The summed E-state index contributed by atoms with van der Waals surface area (Å²) >= 11 is 0. The Hall–Kier alpha value is -1.15. The average molecular weight is 191 g/mol. The van der Waals surface area contributed by atoms with E-state index in [1.807, 2.05) is 50.4 Å². The van der Waals surface area contributed by atoms with Gasteiger partial charge in [-0.3, -0.25) is 4.99 Å². The van der Waals surface area contributed by atoms with Gasteiger partial charge in [0, 0.05) is 6.21 Å². The van der Waals surface area contributed by atoms with Crippen molar-refractivity contribution in [2.75, 3.05) is 13.2 Å². The van der Waals surface area contributed by atoms with Crippen molar-refractivity contribution < 1.29 is 4.74 Å². The summed E-state index contributed by atoms with van der Waals surface area (Å²) < 4.78 is 5.37. The minimum Gasteiger partial charge on any atom is -0.377 e. The molecule has 1 aromatic carbocycles. The zero-order valence-electron chi connectivity index (χ0n) is 8.81. The Morgan fingerprint density at radius 1 is 1.29 bits per heavy atom. The van der Waals surface area contributed by atoms with Gasteiger partial charge in [0.05, 0.1) is 19.3 Å². The van der Waals surface area contributed by atoms with Crippen LogP contribution in [-0.2, 0) is 4.74 Å². The molecule has 0 saturated heterocycles. The largest absolute Gasteiger partial charge is 0.377 e. The molecule has 0 bridgehead atoms. The molecule has 0 N–H and O–H groups in total. The second kappa shape index (κ2) is 6.33. The number of aliphatic imine (C=N–C) groups is 1. The summed E-state index contributed by atoms with van der Waals surface area (Å²) in [5.74, 6) is 0. The quantitative estimate of drug-likeness (QED) is 0.517. The van der Waals surface area contributed by atoms with Gasteiger partial charge < -0.3 is 4.74 Å². The summed E-state index contributed by atoms with van der Waals surface area (Å²) in [5.41, 5.74) is 1.14. The molecule has 2 heteroatoms. The molecular weight excluding hydrogens is 174 g/mol. The average Bonchev–Trinajstić information content (AvgIpc) is 2.18. The van der Waals surface area contributed by atoms with Crippen molar-refractivity contribution in [1.29, 1.82) is 0 Å². The summed E-state index contributed by atoms with van der Waals surface area (Å²) in [7, 11) is 0. The van der Waals surface area contributed by atoms with E-state index in [2.05, 4.69) is 4.99 Å². The van der Waals surface area contributed by atoms with Crippen LogP contribution in [0.4, 0.5) is 0 Å². The van der Waals surface area contributed by atoms with Crippen molar-refractivity contribution in [1.82, 2.24) is 0 Å². The molecule has 1 rings (SSSR count). The van der Waals surface area contributed by atoms with Crippen LogP contribution in [-0.4, -0.2) is 25.5 Å². The second-order valence-electron chi connectivity index (χ2n) is 3.37. The van der Waals surface area contributed by atoms with E-state index in [1.165, 1.54) is 0 Å². The summed E-state index contributed by atoms with van der Waals surface area (Å²) in [5, 5.41) is 0. The van der Waals surface area contributed by atoms with Gasteiger partial charge in [0.2, 0.25) is 0 Å². The summed E-state index contributed by atoms with van der Waals surface area (Å²) in [6.07, 6.45) is 2.17. The molecule has 1 aromatic rings. The minimum atomic E-state index is 0.293. The number of ether oxygens (including phenoxy) is 1. The van der Waals surface area contributed by atoms with E-state index in [9.17, 15) is 0 Å². The summed E-state index contributed by atoms with van der Waals surface area (Å²) in [6, 6.07) is 10.1. The van der Waals surface area contributed by atoms with E-state index in [0.29, 0.717) is 12.7 Å². The van der Waals surface area contributed by atoms with Gasteiger partial charge in [-0.05, 0) is 19.4 Å². The van der Waals surface area contributed by atoms with E-state index in [0.717, 1.165) is 12.1 Å². The second-order valence-corrected chi connectivity index (χ2v) is 3.37. The summed E-state index contributed by atoms with van der Waals surface area (Å²) in [4.78, 5) is 4.26. The predicted molar refractivity (Wildman–Crippen MR) is 60.0 cm³/mol. The van der Waals surface area contributed by atoms with Gasteiger partial charge in [-0.2, -0.15) is 0 Å². The van der Waals surface area contributed by atoms with Crippen LogP contribution in [0.1, 0.15) is 19.4 Å². The molecule has 0 unspecified atom stereocenters. The molecule has 0 heterocycles. The third-order valence-corrected chi connectivity index (χ3v) is 1.71. The Labute approximate surface area is 85.6 Å². The van der Waals surface area contributed by atoms with Gasteiger partial charge in [-0.25, -0.2) is 0 Å². The van der Waals surface area contributed by atoms with Crippen LogP contribution < -0.4 is 0 Å². The molecule has 14 heavy (non-hydrogen) atoms. The number of hydrogen-bond acceptors (Lipinski definition) is 2. The maximum Gasteiger partial charge on any atom is 0.0665 e. The van der Waals surface area contributed by atoms with Crippen molar-refractivity contribution in [2.24, 2.45) is 4.99 Å². The van der Waals surface area contributed by atoms with E-state index in [4.69, 9.17) is 4.74 Å². The Morgan fingerprint density at radius 2 is 2.00 bits per heavy atom. The normalized spacial score (nSPS) is 11.4. The fourth-order valence-corrected chi connectivity index (χ4v) is 1.05. The molecule has 0 aliphatic carbocycles. The number of hydrogen-bond donors (Lipinski definition) is 0. The highest BCUT2D eigenvalue weighted by Gasteiger charge is 1.90. The number of benzene rings is 1. The van der Waals surface area contributed by atoms with E-state index < -0.39 is 0 Å². The van der Waals surface area contributed by atoms with Gasteiger partial charge in [0.15, 0.2) is 0 Å². The highest BCUT2D eigenvalue weighted by molar-refractivity contribution is 5.79. The van der Waals surface area contributed by atoms with Crippen LogP contribution in [0.15, 0.2) is 35.3 Å². The van der Waals surface area contributed by atoms with E-state index >= 15 is 0 Å². The smallest absolute Gasteiger partial charge is 0.0665 e. The molecule has 0 atom stereocenters. The maximum absolute atomic E-state index is 5.37. The van der Waals surface area contributed by atoms with Gasteiger partial charge in [0.1, 0.15) is 0 Å². The Bertz CT molecular complexity index is 267. The Balaban J connectivity index is 2.21. The molecular formula is C12H17NO. The van der Waals surface area contributed by atoms with Crippen molar-refractivity contribution in [3.63, 3.8) is 0 Å². The third-order valence-electron chi connectivity index (χ3n) is 1.71. The third kappa shape index (κ3) is 4.77. The lowest BCUT2D eigenvalue weighted by Crippen LogP contribution is -2.06. The first-order chi connectivity index (χ1) is 6.79. The highest BCUT2D eigenvalue weighted by Crippen LogP contribution is 1.94. The van der Waals surface area contributed by atoms with Crippen LogP contribution >= 0.6 is 0 Å². The van der Waals surface area contributed by atoms with Crippen LogP contribution in [0.3, 0.4) is 0 Å². The van der Waals surface area contributed by atoms with E-state index in [1.54, 1.807) is 0 Å². The van der Waals surface area contributed by atoms with E-state index in [-0.39, 0.29) is 0 Å². The van der Waals surface area contributed by atoms with Crippen molar-refractivity contribution in [2.45, 2.75) is 20.0 Å². The lowest BCUT2D eigenvalue weighted by atomic mass is 10.2. The number of rotatable bonds is 5.